The Morgan fingerprint density at radius 1 is 0.714 bits per heavy atom. The van der Waals surface area contributed by atoms with Crippen molar-refractivity contribution in [3.05, 3.63) is 0 Å². The maximum atomic E-state index is 11.0. The minimum absolute atomic E-state index is 0.0553. The Morgan fingerprint density at radius 3 is 1.33 bits per heavy atom. The Bertz CT molecular complexity index is 384. The van der Waals surface area contributed by atoms with E-state index in [2.05, 4.69) is 0 Å². The van der Waals surface area contributed by atoms with E-state index in [1.54, 1.807) is 0 Å². The van der Waals surface area contributed by atoms with Crippen LogP contribution in [-0.4, -0.2) is 93.4 Å². The van der Waals surface area contributed by atoms with Crippen LogP contribution in [0, 0.1) is 0 Å². The number of nitrogens with zero attached hydrogens (tertiary/aromatic N) is 2. The average molecular weight is 307 g/mol. The van der Waals surface area contributed by atoms with Gasteiger partial charge in [0, 0.05) is 13.1 Å². The summed E-state index contributed by atoms with van der Waals surface area (Å²) in [5.74, 6) is -4.51. The highest BCUT2D eigenvalue weighted by molar-refractivity contribution is 5.78. The normalized spacial score (nSPS) is 10.6. The number of carbonyl (C=O) groups excluding carboxylic acids is 1. The van der Waals surface area contributed by atoms with Crippen molar-refractivity contribution in [3.63, 3.8) is 0 Å². The first kappa shape index (κ1) is 18.8. The predicted octanol–water partition coefficient (Wildman–Crippen LogP) is -2.65. The topological polar surface area (TPSA) is 168 Å². The third-order valence-electron chi connectivity index (χ3n) is 2.30. The molecule has 0 rings (SSSR count). The molecular weight excluding hydrogens is 290 g/mol. The zero-order valence-corrected chi connectivity index (χ0v) is 11.1. The van der Waals surface area contributed by atoms with Gasteiger partial charge in [-0.3, -0.25) is 34.2 Å². The summed E-state index contributed by atoms with van der Waals surface area (Å²) in [6.07, 6.45) is 0. The lowest BCUT2D eigenvalue weighted by atomic mass is 10.3. The number of carboxylic acid groups (broad SMARTS) is 3. The molecule has 0 saturated heterocycles. The van der Waals surface area contributed by atoms with Crippen LogP contribution in [0.15, 0.2) is 0 Å². The molecule has 0 aliphatic carbocycles. The number of carboxylic acids is 3. The molecule has 0 aromatic heterocycles. The summed E-state index contributed by atoms with van der Waals surface area (Å²) in [5, 5.41) is 34.4. The Morgan fingerprint density at radius 2 is 1.05 bits per heavy atom. The fraction of sp³-hybridized carbons (Fsp3) is 0.600. The van der Waals surface area contributed by atoms with Crippen molar-refractivity contribution in [2.24, 2.45) is 0 Å². The van der Waals surface area contributed by atoms with Crippen molar-refractivity contribution in [1.29, 1.82) is 0 Å². The van der Waals surface area contributed by atoms with E-state index in [9.17, 15) is 19.2 Å². The van der Waals surface area contributed by atoms with Gasteiger partial charge in [-0.15, -0.1) is 0 Å². The van der Waals surface area contributed by atoms with E-state index in [0.717, 1.165) is 9.80 Å². The lowest BCUT2D eigenvalue weighted by Crippen LogP contribution is -2.44. The molecule has 11 nitrogen and oxygen atoms in total. The van der Waals surface area contributed by atoms with E-state index < -0.39 is 50.0 Å². The predicted molar refractivity (Wildman–Crippen MR) is 65.7 cm³/mol. The monoisotopic (exact) mass is 307 g/mol. The van der Waals surface area contributed by atoms with E-state index in [-0.39, 0.29) is 13.1 Å². The van der Waals surface area contributed by atoms with Crippen LogP contribution in [0.4, 0.5) is 0 Å². The first-order valence-electron chi connectivity index (χ1n) is 5.77. The lowest BCUT2D eigenvalue weighted by Gasteiger charge is -2.23. The number of hydrogen-bond acceptors (Lipinski definition) is 7. The molecule has 0 aliphatic heterocycles. The van der Waals surface area contributed by atoms with Gasteiger partial charge in [-0.05, 0) is 0 Å². The van der Waals surface area contributed by atoms with Crippen molar-refractivity contribution in [2.45, 2.75) is 0 Å². The standard InChI is InChI=1S/C10H17N3O8/c14-7(11-21)3-12(4-8(15)16)1-2-13(5-9(17)18)6-10(19)20/h21H,1-6H2,(H,11,14)(H,15,16)(H,17,18)(H,19,20). The first-order chi connectivity index (χ1) is 9.74. The Labute approximate surface area is 119 Å². The van der Waals surface area contributed by atoms with Gasteiger partial charge in [0.05, 0.1) is 26.2 Å². The van der Waals surface area contributed by atoms with Crippen LogP contribution in [0.1, 0.15) is 0 Å². The first-order valence-corrected chi connectivity index (χ1v) is 5.77. The number of amides is 1. The maximum Gasteiger partial charge on any atom is 0.317 e. The fourth-order valence-corrected chi connectivity index (χ4v) is 1.52. The Hall–Kier alpha value is -2.24. The van der Waals surface area contributed by atoms with Gasteiger partial charge in [0.1, 0.15) is 0 Å². The summed E-state index contributed by atoms with van der Waals surface area (Å²) in [4.78, 5) is 45.1. The van der Waals surface area contributed by atoms with Crippen molar-refractivity contribution in [1.82, 2.24) is 15.3 Å². The Balaban J connectivity index is 4.56. The second-order valence-electron chi connectivity index (χ2n) is 4.14. The fourth-order valence-electron chi connectivity index (χ4n) is 1.52. The third-order valence-corrected chi connectivity index (χ3v) is 2.30. The van der Waals surface area contributed by atoms with E-state index in [1.165, 1.54) is 5.48 Å². The summed E-state index contributed by atoms with van der Waals surface area (Å²) < 4.78 is 0. The van der Waals surface area contributed by atoms with E-state index in [4.69, 9.17) is 20.5 Å². The van der Waals surface area contributed by atoms with Gasteiger partial charge in [-0.25, -0.2) is 5.48 Å². The van der Waals surface area contributed by atoms with E-state index >= 15 is 0 Å². The maximum absolute atomic E-state index is 11.0. The number of rotatable bonds is 11. The van der Waals surface area contributed by atoms with Gasteiger partial charge in [0.2, 0.25) is 0 Å². The smallest absolute Gasteiger partial charge is 0.317 e. The number of nitrogens with one attached hydrogen (secondary N) is 1. The minimum Gasteiger partial charge on any atom is -0.480 e. The average Bonchev–Trinajstić information content (AvgIpc) is 2.33. The summed E-state index contributed by atoms with van der Waals surface area (Å²) in [5.41, 5.74) is 1.35. The van der Waals surface area contributed by atoms with Gasteiger partial charge in [0.15, 0.2) is 0 Å². The highest BCUT2D eigenvalue weighted by Gasteiger charge is 2.18. The van der Waals surface area contributed by atoms with Gasteiger partial charge in [-0.2, -0.15) is 0 Å². The van der Waals surface area contributed by atoms with Crippen LogP contribution in [0.2, 0.25) is 0 Å². The molecule has 0 bridgehead atoms. The second-order valence-corrected chi connectivity index (χ2v) is 4.14. The van der Waals surface area contributed by atoms with Crippen molar-refractivity contribution in [2.75, 3.05) is 39.3 Å². The highest BCUT2D eigenvalue weighted by atomic mass is 16.5. The van der Waals surface area contributed by atoms with Crippen LogP contribution in [-0.2, 0) is 19.2 Å². The van der Waals surface area contributed by atoms with Crippen LogP contribution in [0.25, 0.3) is 0 Å². The molecule has 0 atom stereocenters. The van der Waals surface area contributed by atoms with Gasteiger partial charge >= 0.3 is 17.9 Å². The number of hydroxylamine groups is 1. The SMILES string of the molecule is O=C(O)CN(CCN(CC(=O)O)CC(=O)NO)CC(=O)O. The zero-order valence-electron chi connectivity index (χ0n) is 11.1. The van der Waals surface area contributed by atoms with Gasteiger partial charge in [0.25, 0.3) is 5.91 Å². The molecule has 0 unspecified atom stereocenters. The molecule has 0 aliphatic rings. The van der Waals surface area contributed by atoms with E-state index in [1.807, 2.05) is 0 Å². The molecule has 0 radical (unpaired) electrons. The van der Waals surface area contributed by atoms with Gasteiger partial charge in [-0.1, -0.05) is 0 Å². The summed E-state index contributed by atoms with van der Waals surface area (Å²) in [6.45, 7) is -2.11. The van der Waals surface area contributed by atoms with Crippen LogP contribution >= 0.6 is 0 Å². The summed E-state index contributed by atoms with van der Waals surface area (Å²) in [6, 6.07) is 0. The number of hydrogen-bond donors (Lipinski definition) is 5. The molecule has 1 amide bonds. The zero-order chi connectivity index (χ0) is 16.4. The molecule has 120 valence electrons. The molecule has 0 aromatic rings. The molecule has 21 heavy (non-hydrogen) atoms. The molecule has 0 saturated carbocycles. The molecule has 0 fully saturated rings. The van der Waals surface area contributed by atoms with Crippen molar-refractivity contribution < 1.29 is 39.7 Å². The van der Waals surface area contributed by atoms with E-state index in [0.29, 0.717) is 0 Å². The van der Waals surface area contributed by atoms with Crippen molar-refractivity contribution >= 4 is 23.8 Å². The largest absolute Gasteiger partial charge is 0.480 e. The number of aliphatic carboxylic acids is 3. The summed E-state index contributed by atoms with van der Waals surface area (Å²) in [7, 11) is 0. The van der Waals surface area contributed by atoms with Crippen LogP contribution in [0.3, 0.4) is 0 Å². The quantitative estimate of drug-likeness (QED) is 0.201. The minimum atomic E-state index is -1.23. The second kappa shape index (κ2) is 9.63. The summed E-state index contributed by atoms with van der Waals surface area (Å²) >= 11 is 0. The molecule has 0 heterocycles. The lowest BCUT2D eigenvalue weighted by molar-refractivity contribution is -0.144. The molecule has 0 aromatic carbocycles. The molecule has 5 N–H and O–H groups in total. The Kier molecular flexibility index (Phi) is 8.60. The van der Waals surface area contributed by atoms with Crippen molar-refractivity contribution in [3.8, 4) is 0 Å². The van der Waals surface area contributed by atoms with Gasteiger partial charge < -0.3 is 15.3 Å². The third kappa shape index (κ3) is 10.2. The van der Waals surface area contributed by atoms with Crippen LogP contribution in [0.5, 0.6) is 0 Å². The molecule has 0 spiro atoms. The highest BCUT2D eigenvalue weighted by Crippen LogP contribution is 1.94. The molecule has 11 heteroatoms. The molecular formula is C10H17N3O8. The number of carbonyl (C=O) groups is 4. The van der Waals surface area contributed by atoms with Crippen LogP contribution < -0.4 is 5.48 Å².